The van der Waals surface area contributed by atoms with Gasteiger partial charge in [-0.05, 0) is 48.9 Å². The van der Waals surface area contributed by atoms with E-state index in [1.54, 1.807) is 20.1 Å². The molecule has 4 heteroatoms. The number of methoxy groups -OCH3 is 1. The molecule has 1 unspecified atom stereocenters. The number of rotatable bonds is 4. The van der Waals surface area contributed by atoms with E-state index in [1.165, 1.54) is 0 Å². The smallest absolute Gasteiger partial charge is 0.119 e. The highest BCUT2D eigenvalue weighted by Gasteiger charge is 2.10. The van der Waals surface area contributed by atoms with E-state index in [9.17, 15) is 5.11 Å². The molecule has 0 aromatic heterocycles. The van der Waals surface area contributed by atoms with Crippen LogP contribution in [0.15, 0.2) is 42.5 Å². The number of anilines is 2. The van der Waals surface area contributed by atoms with Crippen LogP contribution < -0.4 is 9.64 Å². The highest BCUT2D eigenvalue weighted by atomic mass is 35.5. The molecule has 0 amide bonds. The first kappa shape index (κ1) is 14.7. The van der Waals surface area contributed by atoms with E-state index in [4.69, 9.17) is 16.3 Å². The van der Waals surface area contributed by atoms with E-state index < -0.39 is 6.10 Å². The maximum absolute atomic E-state index is 9.57. The van der Waals surface area contributed by atoms with Crippen LogP contribution in [0.25, 0.3) is 0 Å². The van der Waals surface area contributed by atoms with Crippen molar-refractivity contribution in [3.05, 3.63) is 53.1 Å². The maximum atomic E-state index is 9.57. The van der Waals surface area contributed by atoms with E-state index in [2.05, 4.69) is 0 Å². The van der Waals surface area contributed by atoms with Crippen molar-refractivity contribution in [2.45, 2.75) is 13.0 Å². The number of aliphatic hydroxyl groups excluding tert-OH is 1. The minimum absolute atomic E-state index is 0.521. The van der Waals surface area contributed by atoms with Crippen molar-refractivity contribution in [1.82, 2.24) is 0 Å². The Morgan fingerprint density at radius 3 is 2.30 bits per heavy atom. The number of hydrogen-bond acceptors (Lipinski definition) is 3. The van der Waals surface area contributed by atoms with Crippen LogP contribution in [0.5, 0.6) is 5.75 Å². The lowest BCUT2D eigenvalue weighted by Crippen LogP contribution is -2.10. The van der Waals surface area contributed by atoms with E-state index in [1.807, 2.05) is 48.3 Å². The first-order valence-electron chi connectivity index (χ1n) is 6.38. The van der Waals surface area contributed by atoms with Crippen molar-refractivity contribution in [2.75, 3.05) is 19.1 Å². The van der Waals surface area contributed by atoms with Gasteiger partial charge in [-0.15, -0.1) is 0 Å². The Bertz CT molecular complexity index is 582. The lowest BCUT2D eigenvalue weighted by atomic mass is 10.1. The number of hydrogen-bond donors (Lipinski definition) is 1. The van der Waals surface area contributed by atoms with E-state index in [-0.39, 0.29) is 0 Å². The second-order valence-corrected chi connectivity index (χ2v) is 5.05. The van der Waals surface area contributed by atoms with Crippen molar-refractivity contribution in [3.8, 4) is 5.75 Å². The molecule has 106 valence electrons. The van der Waals surface area contributed by atoms with Gasteiger partial charge in [0.1, 0.15) is 5.75 Å². The molecule has 2 aromatic carbocycles. The summed E-state index contributed by atoms with van der Waals surface area (Å²) in [5, 5.41) is 10.2. The molecule has 3 nitrogen and oxygen atoms in total. The van der Waals surface area contributed by atoms with Crippen LogP contribution >= 0.6 is 11.6 Å². The van der Waals surface area contributed by atoms with Gasteiger partial charge in [0.15, 0.2) is 0 Å². The zero-order valence-electron chi connectivity index (χ0n) is 11.8. The van der Waals surface area contributed by atoms with Crippen LogP contribution in [-0.2, 0) is 0 Å². The molecule has 0 spiro atoms. The Labute approximate surface area is 124 Å². The molecule has 2 aromatic rings. The average Bonchev–Trinajstić information content (AvgIpc) is 2.46. The molecule has 2 rings (SSSR count). The number of nitrogens with zero attached hydrogens (tertiary/aromatic N) is 1. The van der Waals surface area contributed by atoms with Crippen molar-refractivity contribution < 1.29 is 9.84 Å². The van der Waals surface area contributed by atoms with Crippen LogP contribution in [0, 0.1) is 0 Å². The zero-order chi connectivity index (χ0) is 14.7. The number of aliphatic hydroxyl groups is 1. The first-order chi connectivity index (χ1) is 9.52. The third-order valence-electron chi connectivity index (χ3n) is 3.28. The predicted molar refractivity (Wildman–Crippen MR) is 83.1 cm³/mol. The van der Waals surface area contributed by atoms with Crippen LogP contribution in [-0.4, -0.2) is 19.3 Å². The zero-order valence-corrected chi connectivity index (χ0v) is 12.6. The fourth-order valence-electron chi connectivity index (χ4n) is 2.00. The van der Waals surface area contributed by atoms with Gasteiger partial charge < -0.3 is 14.7 Å². The lowest BCUT2D eigenvalue weighted by Gasteiger charge is -2.22. The van der Waals surface area contributed by atoms with Crippen LogP contribution in [0.1, 0.15) is 18.6 Å². The summed E-state index contributed by atoms with van der Waals surface area (Å²) in [5.41, 5.74) is 2.71. The minimum Gasteiger partial charge on any atom is -0.497 e. The predicted octanol–water partition coefficient (Wildman–Crippen LogP) is 4.17. The molecule has 0 radical (unpaired) electrons. The van der Waals surface area contributed by atoms with Gasteiger partial charge in [-0.3, -0.25) is 0 Å². The second-order valence-electron chi connectivity index (χ2n) is 4.64. The fourth-order valence-corrected chi connectivity index (χ4v) is 2.32. The van der Waals surface area contributed by atoms with Gasteiger partial charge in [0.2, 0.25) is 0 Å². The molecular formula is C16H18ClNO2. The third kappa shape index (κ3) is 3.06. The monoisotopic (exact) mass is 291 g/mol. The molecule has 0 aliphatic carbocycles. The molecule has 0 saturated carbocycles. The molecule has 0 aliphatic rings. The summed E-state index contributed by atoms with van der Waals surface area (Å²) < 4.78 is 5.15. The van der Waals surface area contributed by atoms with Gasteiger partial charge in [-0.2, -0.15) is 0 Å². The van der Waals surface area contributed by atoms with Crippen LogP contribution in [0.3, 0.4) is 0 Å². The molecular weight excluding hydrogens is 274 g/mol. The highest BCUT2D eigenvalue weighted by molar-refractivity contribution is 6.33. The number of halogens is 1. The van der Waals surface area contributed by atoms with E-state index in [0.717, 1.165) is 22.7 Å². The maximum Gasteiger partial charge on any atom is 0.119 e. The van der Waals surface area contributed by atoms with Crippen molar-refractivity contribution in [2.24, 2.45) is 0 Å². The fraction of sp³-hybridized carbons (Fsp3) is 0.250. The number of benzene rings is 2. The van der Waals surface area contributed by atoms with Crippen LogP contribution in [0.4, 0.5) is 11.4 Å². The largest absolute Gasteiger partial charge is 0.497 e. The van der Waals surface area contributed by atoms with E-state index >= 15 is 0 Å². The van der Waals surface area contributed by atoms with Gasteiger partial charge in [0.25, 0.3) is 0 Å². The average molecular weight is 292 g/mol. The number of ether oxygens (including phenoxy) is 1. The molecule has 0 aliphatic heterocycles. The Hall–Kier alpha value is -1.71. The molecule has 1 N–H and O–H groups in total. The Morgan fingerprint density at radius 1 is 1.15 bits per heavy atom. The molecule has 20 heavy (non-hydrogen) atoms. The standard InChI is InChI=1S/C16H18ClNO2/c1-11(19)12-4-9-16(15(17)10-12)18(2)13-5-7-14(20-3)8-6-13/h4-11,19H,1-3H3. The highest BCUT2D eigenvalue weighted by Crippen LogP contribution is 2.33. The van der Waals surface area contributed by atoms with E-state index in [0.29, 0.717) is 5.02 Å². The Balaban J connectivity index is 2.30. The van der Waals surface area contributed by atoms with Gasteiger partial charge in [-0.25, -0.2) is 0 Å². The Morgan fingerprint density at radius 2 is 1.80 bits per heavy atom. The minimum atomic E-state index is -0.521. The van der Waals surface area contributed by atoms with Crippen molar-refractivity contribution in [1.29, 1.82) is 0 Å². The summed E-state index contributed by atoms with van der Waals surface area (Å²) in [6.07, 6.45) is -0.521. The molecule has 0 bridgehead atoms. The topological polar surface area (TPSA) is 32.7 Å². The normalized spacial score (nSPS) is 12.1. The van der Waals surface area contributed by atoms with Crippen LogP contribution in [0.2, 0.25) is 5.02 Å². The molecule has 0 saturated heterocycles. The summed E-state index contributed by atoms with van der Waals surface area (Å²) in [4.78, 5) is 1.99. The summed E-state index contributed by atoms with van der Waals surface area (Å²) >= 11 is 6.30. The van der Waals surface area contributed by atoms with Gasteiger partial charge >= 0.3 is 0 Å². The van der Waals surface area contributed by atoms with Gasteiger partial charge in [0.05, 0.1) is 23.9 Å². The first-order valence-corrected chi connectivity index (χ1v) is 6.76. The molecule has 1 atom stereocenters. The Kier molecular flexibility index (Phi) is 4.53. The summed E-state index contributed by atoms with van der Waals surface area (Å²) in [6.45, 7) is 1.72. The SMILES string of the molecule is COc1ccc(N(C)c2ccc(C(C)O)cc2Cl)cc1. The second kappa shape index (κ2) is 6.16. The van der Waals surface area contributed by atoms with Gasteiger partial charge in [0, 0.05) is 12.7 Å². The quantitative estimate of drug-likeness (QED) is 0.918. The summed E-state index contributed by atoms with van der Waals surface area (Å²) in [5.74, 6) is 0.817. The summed E-state index contributed by atoms with van der Waals surface area (Å²) in [7, 11) is 3.59. The molecule has 0 heterocycles. The third-order valence-corrected chi connectivity index (χ3v) is 3.58. The van der Waals surface area contributed by atoms with Crippen molar-refractivity contribution in [3.63, 3.8) is 0 Å². The summed E-state index contributed by atoms with van der Waals surface area (Å²) in [6, 6.07) is 13.3. The van der Waals surface area contributed by atoms with Crippen molar-refractivity contribution >= 4 is 23.0 Å². The van der Waals surface area contributed by atoms with Gasteiger partial charge in [-0.1, -0.05) is 17.7 Å². The molecule has 0 fully saturated rings. The lowest BCUT2D eigenvalue weighted by molar-refractivity contribution is 0.199.